The molecule has 0 unspecified atom stereocenters. The van der Waals surface area contributed by atoms with Crippen LogP contribution in [0.25, 0.3) is 0 Å². The van der Waals surface area contributed by atoms with E-state index in [9.17, 15) is 0 Å². The normalized spacial score (nSPS) is 15.9. The molecule has 76 valence electrons. The van der Waals surface area contributed by atoms with Gasteiger partial charge in [-0.05, 0) is 19.1 Å². The van der Waals surface area contributed by atoms with Crippen molar-refractivity contribution in [3.63, 3.8) is 0 Å². The minimum absolute atomic E-state index is 0.348. The summed E-state index contributed by atoms with van der Waals surface area (Å²) < 4.78 is 0. The molecule has 1 aromatic carbocycles. The van der Waals surface area contributed by atoms with Gasteiger partial charge in [-0.25, -0.2) is 0 Å². The lowest BCUT2D eigenvalue weighted by Crippen LogP contribution is -2.06. The number of nitrogens with one attached hydrogen (secondary N) is 1. The van der Waals surface area contributed by atoms with Crippen molar-refractivity contribution in [1.29, 1.82) is 0 Å². The zero-order chi connectivity index (χ0) is 10.5. The van der Waals surface area contributed by atoms with E-state index in [0.29, 0.717) is 5.92 Å². The lowest BCUT2D eigenvalue weighted by molar-refractivity contribution is 1.12. The van der Waals surface area contributed by atoms with E-state index >= 15 is 0 Å². The van der Waals surface area contributed by atoms with Crippen LogP contribution in [0.3, 0.4) is 0 Å². The van der Waals surface area contributed by atoms with Gasteiger partial charge in [0.2, 0.25) is 0 Å². The molecule has 0 radical (unpaired) electrons. The van der Waals surface area contributed by atoms with E-state index in [-0.39, 0.29) is 0 Å². The number of rotatable bonds is 3. The van der Waals surface area contributed by atoms with Gasteiger partial charge in [0.05, 0.1) is 5.69 Å². The van der Waals surface area contributed by atoms with E-state index < -0.39 is 0 Å². The third-order valence-electron chi connectivity index (χ3n) is 2.37. The second-order valence-electron chi connectivity index (χ2n) is 3.53. The average molecular weight is 198 g/mol. The number of hydrogen-bond acceptors (Lipinski definition) is 2. The van der Waals surface area contributed by atoms with Gasteiger partial charge in [0.1, 0.15) is 0 Å². The maximum Gasteiger partial charge on any atom is 0.0561 e. The quantitative estimate of drug-likeness (QED) is 0.585. The van der Waals surface area contributed by atoms with E-state index in [2.05, 4.69) is 22.7 Å². The Balaban J connectivity index is 1.99. The molecule has 0 atom stereocenters. The number of para-hydroxylation sites is 1. The highest BCUT2D eigenvalue weighted by atomic mass is 15.3. The molecule has 2 heteroatoms. The minimum Gasteiger partial charge on any atom is -0.279 e. The minimum atomic E-state index is 0.348. The summed E-state index contributed by atoms with van der Waals surface area (Å²) >= 11 is 0. The lowest BCUT2D eigenvalue weighted by Gasteiger charge is -2.05. The molecule has 2 rings (SSSR count). The fraction of sp³-hybridized carbons (Fsp3) is 0.154. The first kappa shape index (κ1) is 9.71. The van der Waals surface area contributed by atoms with Crippen molar-refractivity contribution in [1.82, 2.24) is 0 Å². The summed E-state index contributed by atoms with van der Waals surface area (Å²) in [5.74, 6) is 0.348. The van der Waals surface area contributed by atoms with Crippen molar-refractivity contribution in [3.05, 3.63) is 54.6 Å². The molecule has 1 aliphatic rings. The molecule has 0 bridgehead atoms. The van der Waals surface area contributed by atoms with Crippen LogP contribution in [0.5, 0.6) is 0 Å². The fourth-order valence-electron chi connectivity index (χ4n) is 1.45. The zero-order valence-electron chi connectivity index (χ0n) is 8.72. The van der Waals surface area contributed by atoms with Gasteiger partial charge in [0.15, 0.2) is 0 Å². The van der Waals surface area contributed by atoms with Crippen molar-refractivity contribution < 1.29 is 0 Å². The van der Waals surface area contributed by atoms with Crippen LogP contribution in [0.2, 0.25) is 0 Å². The Morgan fingerprint density at radius 3 is 2.47 bits per heavy atom. The standard InChI is InChI=1S/C13H14N2/c1-11(12-7-5-6-8-12)14-15-13-9-3-2-4-10-13/h2-10,12,15H,1H3. The summed E-state index contributed by atoms with van der Waals surface area (Å²) in [5.41, 5.74) is 5.13. The number of anilines is 1. The Morgan fingerprint density at radius 1 is 1.13 bits per heavy atom. The number of hydrogen-bond donors (Lipinski definition) is 1. The number of nitrogens with zero attached hydrogens (tertiary/aromatic N) is 1. The molecule has 0 amide bonds. The van der Waals surface area contributed by atoms with Crippen LogP contribution in [0.1, 0.15) is 6.92 Å². The van der Waals surface area contributed by atoms with E-state index in [1.54, 1.807) is 0 Å². The molecule has 15 heavy (non-hydrogen) atoms. The molecule has 0 aromatic heterocycles. The third kappa shape index (κ3) is 2.56. The van der Waals surface area contributed by atoms with Crippen molar-refractivity contribution in [2.75, 3.05) is 5.43 Å². The lowest BCUT2D eigenvalue weighted by atomic mass is 10.1. The molecule has 0 aliphatic heterocycles. The smallest absolute Gasteiger partial charge is 0.0561 e. The molecular formula is C13H14N2. The molecule has 0 spiro atoms. The van der Waals surface area contributed by atoms with Gasteiger partial charge in [-0.15, -0.1) is 0 Å². The summed E-state index contributed by atoms with van der Waals surface area (Å²) in [7, 11) is 0. The highest BCUT2D eigenvalue weighted by molar-refractivity contribution is 5.88. The molecule has 1 aliphatic carbocycles. The van der Waals surface area contributed by atoms with Gasteiger partial charge in [-0.3, -0.25) is 5.43 Å². The summed E-state index contributed by atoms with van der Waals surface area (Å²) in [6, 6.07) is 9.96. The average Bonchev–Trinajstić information content (AvgIpc) is 2.81. The Labute approximate surface area is 90.0 Å². The predicted octanol–water partition coefficient (Wildman–Crippen LogP) is 3.22. The summed E-state index contributed by atoms with van der Waals surface area (Å²) in [6.07, 6.45) is 8.36. The third-order valence-corrected chi connectivity index (χ3v) is 2.37. The number of allylic oxidation sites excluding steroid dienone is 4. The molecule has 0 heterocycles. The van der Waals surface area contributed by atoms with Crippen LogP contribution < -0.4 is 5.43 Å². The maximum atomic E-state index is 4.34. The van der Waals surface area contributed by atoms with Crippen LogP contribution in [0, 0.1) is 5.92 Å². The van der Waals surface area contributed by atoms with E-state index in [1.807, 2.05) is 49.4 Å². The molecule has 0 saturated heterocycles. The monoisotopic (exact) mass is 198 g/mol. The van der Waals surface area contributed by atoms with Crippen molar-refractivity contribution in [2.45, 2.75) is 6.92 Å². The van der Waals surface area contributed by atoms with Gasteiger partial charge in [0, 0.05) is 11.6 Å². The predicted molar refractivity (Wildman–Crippen MR) is 64.9 cm³/mol. The highest BCUT2D eigenvalue weighted by Crippen LogP contribution is 2.12. The second kappa shape index (κ2) is 4.60. The van der Waals surface area contributed by atoms with Crippen molar-refractivity contribution in [2.24, 2.45) is 11.0 Å². The maximum absolute atomic E-state index is 4.34. The van der Waals surface area contributed by atoms with Gasteiger partial charge in [0.25, 0.3) is 0 Å². The molecular weight excluding hydrogens is 184 g/mol. The van der Waals surface area contributed by atoms with E-state index in [1.165, 1.54) is 0 Å². The van der Waals surface area contributed by atoms with E-state index in [4.69, 9.17) is 0 Å². The van der Waals surface area contributed by atoms with Crippen LogP contribution in [-0.2, 0) is 0 Å². The summed E-state index contributed by atoms with van der Waals surface area (Å²) in [6.45, 7) is 2.03. The largest absolute Gasteiger partial charge is 0.279 e. The first-order valence-corrected chi connectivity index (χ1v) is 5.06. The van der Waals surface area contributed by atoms with Crippen LogP contribution in [0.15, 0.2) is 59.7 Å². The SMILES string of the molecule is CC(=NNc1ccccc1)C1C=CC=C1. The van der Waals surface area contributed by atoms with Gasteiger partial charge in [-0.2, -0.15) is 5.10 Å². The highest BCUT2D eigenvalue weighted by Gasteiger charge is 2.06. The van der Waals surface area contributed by atoms with Crippen LogP contribution >= 0.6 is 0 Å². The Hall–Kier alpha value is -1.83. The molecule has 1 N–H and O–H groups in total. The Bertz CT molecular complexity index is 390. The second-order valence-corrected chi connectivity index (χ2v) is 3.53. The van der Waals surface area contributed by atoms with Crippen LogP contribution in [0.4, 0.5) is 5.69 Å². The first-order valence-electron chi connectivity index (χ1n) is 5.06. The summed E-state index contributed by atoms with van der Waals surface area (Å²) in [5, 5.41) is 4.34. The molecule has 0 fully saturated rings. The van der Waals surface area contributed by atoms with Gasteiger partial charge < -0.3 is 0 Å². The number of benzene rings is 1. The van der Waals surface area contributed by atoms with Gasteiger partial charge >= 0.3 is 0 Å². The first-order chi connectivity index (χ1) is 7.36. The molecule has 0 saturated carbocycles. The van der Waals surface area contributed by atoms with E-state index in [0.717, 1.165) is 11.4 Å². The zero-order valence-corrected chi connectivity index (χ0v) is 8.72. The summed E-state index contributed by atoms with van der Waals surface area (Å²) in [4.78, 5) is 0. The molecule has 1 aromatic rings. The van der Waals surface area contributed by atoms with Gasteiger partial charge in [-0.1, -0.05) is 42.5 Å². The van der Waals surface area contributed by atoms with Crippen molar-refractivity contribution >= 4 is 11.4 Å². The Kier molecular flexibility index (Phi) is 2.98. The topological polar surface area (TPSA) is 24.4 Å². The number of hydrazone groups is 1. The molecule has 2 nitrogen and oxygen atoms in total. The fourth-order valence-corrected chi connectivity index (χ4v) is 1.45. The Morgan fingerprint density at radius 2 is 1.80 bits per heavy atom. The van der Waals surface area contributed by atoms with Crippen LogP contribution in [-0.4, -0.2) is 5.71 Å². The van der Waals surface area contributed by atoms with Crippen molar-refractivity contribution in [3.8, 4) is 0 Å².